The molecular formula is C9H12N4O2. The first-order valence-corrected chi connectivity index (χ1v) is 4.47. The molecule has 2 aromatic heterocycles. The van der Waals surface area contributed by atoms with Crippen molar-refractivity contribution in [2.75, 3.05) is 7.11 Å². The Bertz CT molecular complexity index is 435. The van der Waals surface area contributed by atoms with Crippen LogP contribution in [0.15, 0.2) is 18.6 Å². The third kappa shape index (κ3) is 1.59. The van der Waals surface area contributed by atoms with Crippen molar-refractivity contribution in [3.8, 4) is 5.75 Å². The smallest absolute Gasteiger partial charge is 0.163 e. The Morgan fingerprint density at radius 1 is 1.60 bits per heavy atom. The van der Waals surface area contributed by atoms with Crippen LogP contribution < -0.4 is 4.74 Å². The SMILES string of the molecule is COc1cnn(C)c1C(O)c1ncc[nH]1. The zero-order chi connectivity index (χ0) is 10.8. The molecule has 6 heteroatoms. The maximum Gasteiger partial charge on any atom is 0.163 e. The summed E-state index contributed by atoms with van der Waals surface area (Å²) in [6.45, 7) is 0. The first kappa shape index (κ1) is 9.72. The van der Waals surface area contributed by atoms with Crippen LogP contribution in [-0.2, 0) is 7.05 Å². The molecule has 1 atom stereocenters. The minimum atomic E-state index is -0.859. The van der Waals surface area contributed by atoms with Crippen molar-refractivity contribution in [3.05, 3.63) is 30.1 Å². The van der Waals surface area contributed by atoms with Crippen molar-refractivity contribution >= 4 is 0 Å². The van der Waals surface area contributed by atoms with Crippen LogP contribution in [0.2, 0.25) is 0 Å². The van der Waals surface area contributed by atoms with Crippen LogP contribution in [0.5, 0.6) is 5.75 Å². The van der Waals surface area contributed by atoms with E-state index in [0.717, 1.165) is 0 Å². The first-order chi connectivity index (χ1) is 7.24. The van der Waals surface area contributed by atoms with Gasteiger partial charge in [-0.1, -0.05) is 0 Å². The van der Waals surface area contributed by atoms with E-state index in [0.29, 0.717) is 17.3 Å². The summed E-state index contributed by atoms with van der Waals surface area (Å²) in [5.74, 6) is 1.01. The highest BCUT2D eigenvalue weighted by Crippen LogP contribution is 2.27. The summed E-state index contributed by atoms with van der Waals surface area (Å²) >= 11 is 0. The second-order valence-corrected chi connectivity index (χ2v) is 3.10. The number of nitrogens with zero attached hydrogens (tertiary/aromatic N) is 3. The summed E-state index contributed by atoms with van der Waals surface area (Å²) in [6.07, 6.45) is 3.94. The van der Waals surface area contributed by atoms with E-state index in [1.165, 1.54) is 7.11 Å². The van der Waals surface area contributed by atoms with E-state index >= 15 is 0 Å². The maximum atomic E-state index is 10.0. The Hall–Kier alpha value is -1.82. The number of rotatable bonds is 3. The van der Waals surface area contributed by atoms with Gasteiger partial charge in [-0.2, -0.15) is 5.10 Å². The largest absolute Gasteiger partial charge is 0.493 e. The van der Waals surface area contributed by atoms with Crippen LogP contribution in [0.25, 0.3) is 0 Å². The van der Waals surface area contributed by atoms with Gasteiger partial charge >= 0.3 is 0 Å². The minimum Gasteiger partial charge on any atom is -0.493 e. The molecular weight excluding hydrogens is 196 g/mol. The van der Waals surface area contributed by atoms with Crippen molar-refractivity contribution in [1.82, 2.24) is 19.7 Å². The lowest BCUT2D eigenvalue weighted by molar-refractivity contribution is 0.195. The third-order valence-electron chi connectivity index (χ3n) is 2.21. The van der Waals surface area contributed by atoms with E-state index in [9.17, 15) is 5.11 Å². The summed E-state index contributed by atoms with van der Waals surface area (Å²) in [7, 11) is 3.28. The molecule has 0 radical (unpaired) electrons. The van der Waals surface area contributed by atoms with E-state index in [-0.39, 0.29) is 0 Å². The Morgan fingerprint density at radius 2 is 2.40 bits per heavy atom. The molecule has 0 saturated heterocycles. The molecule has 2 N–H and O–H groups in total. The summed E-state index contributed by atoms with van der Waals surface area (Å²) in [6, 6.07) is 0. The zero-order valence-electron chi connectivity index (χ0n) is 8.51. The number of H-pyrrole nitrogens is 1. The maximum absolute atomic E-state index is 10.0. The highest BCUT2D eigenvalue weighted by Gasteiger charge is 2.21. The van der Waals surface area contributed by atoms with Crippen molar-refractivity contribution in [2.24, 2.45) is 7.05 Å². The number of hydrogen-bond donors (Lipinski definition) is 2. The number of aryl methyl sites for hydroxylation is 1. The van der Waals surface area contributed by atoms with E-state index < -0.39 is 6.10 Å². The van der Waals surface area contributed by atoms with Gasteiger partial charge in [0.15, 0.2) is 11.9 Å². The van der Waals surface area contributed by atoms with Gasteiger partial charge in [0.2, 0.25) is 0 Å². The number of aliphatic hydroxyl groups is 1. The molecule has 6 nitrogen and oxygen atoms in total. The number of ether oxygens (including phenoxy) is 1. The van der Waals surface area contributed by atoms with Gasteiger partial charge in [0.1, 0.15) is 11.5 Å². The number of aromatic amines is 1. The topological polar surface area (TPSA) is 76.0 Å². The molecule has 80 valence electrons. The summed E-state index contributed by atoms with van der Waals surface area (Å²) in [5.41, 5.74) is 0.576. The molecule has 15 heavy (non-hydrogen) atoms. The zero-order valence-corrected chi connectivity index (χ0v) is 8.51. The predicted molar refractivity (Wildman–Crippen MR) is 52.4 cm³/mol. The molecule has 0 aliphatic rings. The average Bonchev–Trinajstić information content (AvgIpc) is 2.85. The molecule has 0 fully saturated rings. The number of aliphatic hydroxyl groups excluding tert-OH is 1. The van der Waals surface area contributed by atoms with Gasteiger partial charge < -0.3 is 14.8 Å². The fraction of sp³-hybridized carbons (Fsp3) is 0.333. The van der Waals surface area contributed by atoms with Gasteiger partial charge in [0.25, 0.3) is 0 Å². The molecule has 0 aliphatic carbocycles. The van der Waals surface area contributed by atoms with Crippen molar-refractivity contribution in [3.63, 3.8) is 0 Å². The molecule has 0 bridgehead atoms. The molecule has 0 saturated carbocycles. The summed E-state index contributed by atoms with van der Waals surface area (Å²) in [4.78, 5) is 6.83. The number of hydrogen-bond acceptors (Lipinski definition) is 4. The monoisotopic (exact) mass is 208 g/mol. The van der Waals surface area contributed by atoms with Gasteiger partial charge in [-0.15, -0.1) is 0 Å². The molecule has 2 aromatic rings. The second kappa shape index (κ2) is 3.74. The molecule has 2 rings (SSSR count). The molecule has 0 aliphatic heterocycles. The summed E-state index contributed by atoms with van der Waals surface area (Å²) in [5, 5.41) is 14.0. The van der Waals surface area contributed by atoms with Gasteiger partial charge in [0.05, 0.1) is 13.3 Å². The summed E-state index contributed by atoms with van der Waals surface area (Å²) < 4.78 is 6.66. The lowest BCUT2D eigenvalue weighted by atomic mass is 10.2. The Labute approximate surface area is 86.5 Å². The van der Waals surface area contributed by atoms with Gasteiger partial charge in [-0.25, -0.2) is 4.98 Å². The second-order valence-electron chi connectivity index (χ2n) is 3.10. The lowest BCUT2D eigenvalue weighted by Crippen LogP contribution is -2.09. The molecule has 1 unspecified atom stereocenters. The quantitative estimate of drug-likeness (QED) is 0.757. The molecule has 2 heterocycles. The van der Waals surface area contributed by atoms with Crippen LogP contribution in [0.1, 0.15) is 17.6 Å². The average molecular weight is 208 g/mol. The van der Waals surface area contributed by atoms with Crippen LogP contribution in [0.4, 0.5) is 0 Å². The highest BCUT2D eigenvalue weighted by molar-refractivity contribution is 5.30. The van der Waals surface area contributed by atoms with Gasteiger partial charge in [0, 0.05) is 19.4 Å². The van der Waals surface area contributed by atoms with E-state index in [1.807, 2.05) is 0 Å². The lowest BCUT2D eigenvalue weighted by Gasteiger charge is -2.10. The third-order valence-corrected chi connectivity index (χ3v) is 2.21. The Kier molecular flexibility index (Phi) is 2.42. The fourth-order valence-corrected chi connectivity index (χ4v) is 1.45. The normalized spacial score (nSPS) is 12.7. The van der Waals surface area contributed by atoms with Crippen LogP contribution in [0, 0.1) is 0 Å². The number of aromatic nitrogens is 4. The van der Waals surface area contributed by atoms with Crippen LogP contribution >= 0.6 is 0 Å². The fourth-order valence-electron chi connectivity index (χ4n) is 1.45. The number of nitrogens with one attached hydrogen (secondary N) is 1. The first-order valence-electron chi connectivity index (χ1n) is 4.47. The van der Waals surface area contributed by atoms with Crippen LogP contribution in [0.3, 0.4) is 0 Å². The number of imidazole rings is 1. The Balaban J connectivity index is 2.40. The highest BCUT2D eigenvalue weighted by atomic mass is 16.5. The van der Waals surface area contributed by atoms with E-state index in [2.05, 4.69) is 15.1 Å². The Morgan fingerprint density at radius 3 is 3.00 bits per heavy atom. The molecule has 0 spiro atoms. The van der Waals surface area contributed by atoms with Crippen molar-refractivity contribution < 1.29 is 9.84 Å². The molecule has 0 aromatic carbocycles. The van der Waals surface area contributed by atoms with E-state index in [4.69, 9.17) is 4.74 Å². The van der Waals surface area contributed by atoms with Crippen molar-refractivity contribution in [1.29, 1.82) is 0 Å². The predicted octanol–water partition coefficient (Wildman–Crippen LogP) is 0.233. The van der Waals surface area contributed by atoms with Crippen molar-refractivity contribution in [2.45, 2.75) is 6.10 Å². The van der Waals surface area contributed by atoms with Crippen LogP contribution in [-0.4, -0.2) is 32.0 Å². The van der Waals surface area contributed by atoms with Gasteiger partial charge in [-0.05, 0) is 0 Å². The standard InChI is InChI=1S/C9H12N4O2/c1-13-7(6(15-2)5-12-13)8(14)9-10-3-4-11-9/h3-5,8,14H,1-2H3,(H,10,11). The minimum absolute atomic E-state index is 0.469. The molecule has 0 amide bonds. The van der Waals surface area contributed by atoms with E-state index in [1.54, 1.807) is 30.3 Å². The number of methoxy groups -OCH3 is 1. The van der Waals surface area contributed by atoms with Gasteiger partial charge in [-0.3, -0.25) is 4.68 Å².